The van der Waals surface area contributed by atoms with E-state index in [9.17, 15) is 14.7 Å². The van der Waals surface area contributed by atoms with Gasteiger partial charge in [-0.3, -0.25) is 9.59 Å². The van der Waals surface area contributed by atoms with Crippen LogP contribution in [0.4, 0.5) is 0 Å². The normalized spacial score (nSPS) is 17.8. The van der Waals surface area contributed by atoms with Crippen molar-refractivity contribution in [2.45, 2.75) is 38.1 Å². The fraction of sp³-hybridized carbons (Fsp3) is 0.556. The second-order valence-corrected chi connectivity index (χ2v) is 6.53. The zero-order chi connectivity index (χ0) is 17.6. The predicted molar refractivity (Wildman–Crippen MR) is 90.5 cm³/mol. The van der Waals surface area contributed by atoms with Gasteiger partial charge in [0.05, 0.1) is 6.61 Å². The van der Waals surface area contributed by atoms with Crippen molar-refractivity contribution < 1.29 is 24.2 Å². The molecular formula is C18H24N2O5. The molecule has 1 fully saturated rings. The number of rotatable bonds is 6. The maximum atomic E-state index is 12.3. The number of aliphatic hydroxyl groups is 1. The summed E-state index contributed by atoms with van der Waals surface area (Å²) >= 11 is 0. The fourth-order valence-corrected chi connectivity index (χ4v) is 3.23. The van der Waals surface area contributed by atoms with Crippen LogP contribution in [0.25, 0.3) is 0 Å². The lowest BCUT2D eigenvalue weighted by atomic mass is 9.89. The molecule has 7 nitrogen and oxygen atoms in total. The first-order valence-corrected chi connectivity index (χ1v) is 8.76. The molecule has 0 saturated heterocycles. The number of aliphatic hydroxyl groups excluding tert-OH is 1. The van der Waals surface area contributed by atoms with Crippen LogP contribution in [0.1, 0.15) is 42.5 Å². The predicted octanol–water partition coefficient (Wildman–Crippen LogP) is 1.20. The quantitative estimate of drug-likeness (QED) is 0.718. The highest BCUT2D eigenvalue weighted by atomic mass is 16.7. The van der Waals surface area contributed by atoms with E-state index in [0.29, 0.717) is 29.5 Å². The van der Waals surface area contributed by atoms with Crippen molar-refractivity contribution in [2.75, 3.05) is 19.9 Å². The number of amides is 2. The summed E-state index contributed by atoms with van der Waals surface area (Å²) in [6.07, 6.45) is 5.90. The highest BCUT2D eigenvalue weighted by Crippen LogP contribution is 2.32. The second-order valence-electron chi connectivity index (χ2n) is 6.53. The van der Waals surface area contributed by atoms with Crippen LogP contribution in [0.5, 0.6) is 11.5 Å². The van der Waals surface area contributed by atoms with Gasteiger partial charge in [0.25, 0.3) is 5.91 Å². The van der Waals surface area contributed by atoms with Gasteiger partial charge in [0, 0.05) is 12.1 Å². The Labute approximate surface area is 146 Å². The molecule has 3 rings (SSSR count). The molecule has 1 aliphatic heterocycles. The number of ether oxygens (including phenoxy) is 2. The molecule has 0 radical (unpaired) electrons. The molecule has 0 bridgehead atoms. The molecule has 1 atom stereocenters. The Morgan fingerprint density at radius 1 is 1.16 bits per heavy atom. The van der Waals surface area contributed by atoms with E-state index in [1.54, 1.807) is 18.2 Å². The Kier molecular flexibility index (Phi) is 5.75. The van der Waals surface area contributed by atoms with E-state index in [1.165, 1.54) is 19.3 Å². The molecule has 3 N–H and O–H groups in total. The molecular weight excluding hydrogens is 324 g/mol. The van der Waals surface area contributed by atoms with Crippen molar-refractivity contribution in [1.82, 2.24) is 10.6 Å². The van der Waals surface area contributed by atoms with E-state index in [1.807, 2.05) is 0 Å². The monoisotopic (exact) mass is 348 g/mol. The van der Waals surface area contributed by atoms with E-state index in [0.717, 1.165) is 12.8 Å². The summed E-state index contributed by atoms with van der Waals surface area (Å²) in [6.45, 7) is 0.269. The Morgan fingerprint density at radius 3 is 2.68 bits per heavy atom. The third-order valence-corrected chi connectivity index (χ3v) is 4.73. The Bertz CT molecular complexity index is 628. The van der Waals surface area contributed by atoms with Crippen molar-refractivity contribution in [3.8, 4) is 11.5 Å². The van der Waals surface area contributed by atoms with Crippen LogP contribution in [0, 0.1) is 5.92 Å². The van der Waals surface area contributed by atoms with Gasteiger partial charge in [-0.1, -0.05) is 19.3 Å². The van der Waals surface area contributed by atoms with Crippen LogP contribution in [0.15, 0.2) is 18.2 Å². The number of benzene rings is 1. The summed E-state index contributed by atoms with van der Waals surface area (Å²) in [7, 11) is 0. The number of carbonyl (C=O) groups is 2. The Hall–Kier alpha value is -2.28. The number of fused-ring (bicyclic) bond motifs is 1. The van der Waals surface area contributed by atoms with Gasteiger partial charge >= 0.3 is 0 Å². The SMILES string of the molecule is O=C(NC(CO)C(=O)NCC1CCCCC1)c1ccc2c(c1)OCO2. The minimum atomic E-state index is -0.971. The first-order chi connectivity index (χ1) is 12.2. The lowest BCUT2D eigenvalue weighted by Gasteiger charge is -2.23. The van der Waals surface area contributed by atoms with Crippen LogP contribution >= 0.6 is 0 Å². The molecule has 1 saturated carbocycles. The number of carbonyl (C=O) groups excluding carboxylic acids is 2. The first-order valence-electron chi connectivity index (χ1n) is 8.76. The summed E-state index contributed by atoms with van der Waals surface area (Å²) in [5.41, 5.74) is 0.350. The molecule has 7 heteroatoms. The summed E-state index contributed by atoms with van der Waals surface area (Å²) in [5, 5.41) is 14.9. The minimum Gasteiger partial charge on any atom is -0.454 e. The highest BCUT2D eigenvalue weighted by molar-refractivity contribution is 5.98. The third kappa shape index (κ3) is 4.42. The van der Waals surface area contributed by atoms with Crippen LogP contribution < -0.4 is 20.1 Å². The minimum absolute atomic E-state index is 0.128. The maximum absolute atomic E-state index is 12.3. The van der Waals surface area contributed by atoms with Crippen LogP contribution in [0.3, 0.4) is 0 Å². The molecule has 25 heavy (non-hydrogen) atoms. The molecule has 2 aliphatic rings. The second kappa shape index (κ2) is 8.20. The van der Waals surface area contributed by atoms with Crippen molar-refractivity contribution in [3.63, 3.8) is 0 Å². The molecule has 1 aromatic carbocycles. The highest BCUT2D eigenvalue weighted by Gasteiger charge is 2.23. The van der Waals surface area contributed by atoms with E-state index < -0.39 is 18.6 Å². The van der Waals surface area contributed by atoms with Gasteiger partial charge < -0.3 is 25.2 Å². The summed E-state index contributed by atoms with van der Waals surface area (Å²) in [5.74, 6) is 0.768. The van der Waals surface area contributed by atoms with Crippen LogP contribution in [-0.4, -0.2) is 42.9 Å². The van der Waals surface area contributed by atoms with Crippen LogP contribution in [-0.2, 0) is 4.79 Å². The molecule has 2 amide bonds. The molecule has 0 aromatic heterocycles. The zero-order valence-electron chi connectivity index (χ0n) is 14.1. The first kappa shape index (κ1) is 17.5. The number of nitrogens with one attached hydrogen (secondary N) is 2. The molecule has 1 unspecified atom stereocenters. The van der Waals surface area contributed by atoms with Crippen molar-refractivity contribution in [3.05, 3.63) is 23.8 Å². The molecule has 1 heterocycles. The third-order valence-electron chi connectivity index (χ3n) is 4.73. The Balaban J connectivity index is 1.53. The van der Waals surface area contributed by atoms with Gasteiger partial charge in [-0.15, -0.1) is 0 Å². The lowest BCUT2D eigenvalue weighted by molar-refractivity contribution is -0.124. The molecule has 1 aliphatic carbocycles. The van der Waals surface area contributed by atoms with E-state index >= 15 is 0 Å². The zero-order valence-corrected chi connectivity index (χ0v) is 14.1. The van der Waals surface area contributed by atoms with Crippen molar-refractivity contribution in [2.24, 2.45) is 5.92 Å². The van der Waals surface area contributed by atoms with Crippen LogP contribution in [0.2, 0.25) is 0 Å². The average molecular weight is 348 g/mol. The van der Waals surface area contributed by atoms with Crippen molar-refractivity contribution >= 4 is 11.8 Å². The summed E-state index contributed by atoms with van der Waals surface area (Å²) in [4.78, 5) is 24.6. The van der Waals surface area contributed by atoms with E-state index in [-0.39, 0.29) is 12.7 Å². The lowest BCUT2D eigenvalue weighted by Crippen LogP contribution is -2.49. The fourth-order valence-electron chi connectivity index (χ4n) is 3.23. The van der Waals surface area contributed by atoms with Gasteiger partial charge in [-0.2, -0.15) is 0 Å². The standard InChI is InChI=1S/C18H24N2O5/c21-10-14(18(23)19-9-12-4-2-1-3-5-12)20-17(22)13-6-7-15-16(8-13)25-11-24-15/h6-8,12,14,21H,1-5,9-11H2,(H,19,23)(H,20,22). The largest absolute Gasteiger partial charge is 0.454 e. The smallest absolute Gasteiger partial charge is 0.252 e. The maximum Gasteiger partial charge on any atom is 0.252 e. The van der Waals surface area contributed by atoms with Gasteiger partial charge in [0.15, 0.2) is 11.5 Å². The topological polar surface area (TPSA) is 96.9 Å². The van der Waals surface area contributed by atoms with Gasteiger partial charge in [0.1, 0.15) is 6.04 Å². The van der Waals surface area contributed by atoms with Gasteiger partial charge in [-0.05, 0) is 37.0 Å². The summed E-state index contributed by atoms with van der Waals surface area (Å²) in [6, 6.07) is 3.83. The average Bonchev–Trinajstić information content (AvgIpc) is 3.12. The molecule has 136 valence electrons. The Morgan fingerprint density at radius 2 is 1.92 bits per heavy atom. The number of hydrogen-bond acceptors (Lipinski definition) is 5. The van der Waals surface area contributed by atoms with Crippen molar-refractivity contribution in [1.29, 1.82) is 0 Å². The van der Waals surface area contributed by atoms with E-state index in [2.05, 4.69) is 10.6 Å². The molecule has 0 spiro atoms. The number of hydrogen-bond donors (Lipinski definition) is 3. The van der Waals surface area contributed by atoms with Gasteiger partial charge in [0.2, 0.25) is 12.7 Å². The molecule has 1 aromatic rings. The summed E-state index contributed by atoms with van der Waals surface area (Å²) < 4.78 is 10.4. The van der Waals surface area contributed by atoms with E-state index in [4.69, 9.17) is 9.47 Å². The van der Waals surface area contributed by atoms with Gasteiger partial charge in [-0.25, -0.2) is 0 Å².